The van der Waals surface area contributed by atoms with Crippen LogP contribution in [0.2, 0.25) is 0 Å². The number of nitrogens with zero attached hydrogens (tertiary/aromatic N) is 1. The van der Waals surface area contributed by atoms with Gasteiger partial charge in [0, 0.05) is 11.8 Å². The molecule has 0 heterocycles. The van der Waals surface area contributed by atoms with Crippen LogP contribution in [0.1, 0.15) is 42.6 Å². The third-order valence-electron chi connectivity index (χ3n) is 3.51. The number of guanidine groups is 1. The van der Waals surface area contributed by atoms with Crippen molar-refractivity contribution < 1.29 is 21.6 Å². The minimum atomic E-state index is -3.89. The van der Waals surface area contributed by atoms with Crippen molar-refractivity contribution in [3.63, 3.8) is 0 Å². The van der Waals surface area contributed by atoms with Crippen molar-refractivity contribution in [1.29, 1.82) is 0 Å². The van der Waals surface area contributed by atoms with Gasteiger partial charge in [0.2, 0.25) is 0 Å². The molecule has 1 aromatic carbocycles. The first-order chi connectivity index (χ1) is 11.4. The maximum absolute atomic E-state index is 12.6. The number of hydrogen-bond acceptors (Lipinski definition) is 5. The summed E-state index contributed by atoms with van der Waals surface area (Å²) in [6.07, 6.45) is 2.25. The largest absolute Gasteiger partial charge is 0.370 e. The monoisotopic (exact) mass is 425 g/mol. The molecule has 1 amide bonds. The van der Waals surface area contributed by atoms with Gasteiger partial charge in [-0.25, -0.2) is 16.8 Å². The molecule has 148 valence electrons. The molecule has 0 aromatic heterocycles. The maximum Gasteiger partial charge on any atom is 0.280 e. The van der Waals surface area contributed by atoms with Gasteiger partial charge in [0.25, 0.3) is 5.91 Å². The summed E-state index contributed by atoms with van der Waals surface area (Å²) in [5, 5.41) is 0. The zero-order valence-electron chi connectivity index (χ0n) is 14.9. The summed E-state index contributed by atoms with van der Waals surface area (Å²) in [6, 6.07) is 2.28. The number of halogens is 1. The molecule has 11 heteroatoms. The van der Waals surface area contributed by atoms with Crippen molar-refractivity contribution in [3.8, 4) is 0 Å². The van der Waals surface area contributed by atoms with Crippen LogP contribution >= 0.6 is 12.4 Å². The van der Waals surface area contributed by atoms with E-state index in [9.17, 15) is 21.6 Å². The third kappa shape index (κ3) is 5.96. The first-order valence-electron chi connectivity index (χ1n) is 7.67. The van der Waals surface area contributed by atoms with E-state index in [0.29, 0.717) is 24.8 Å². The van der Waals surface area contributed by atoms with E-state index in [4.69, 9.17) is 11.5 Å². The van der Waals surface area contributed by atoms with E-state index in [1.54, 1.807) is 6.92 Å². The maximum atomic E-state index is 12.6. The summed E-state index contributed by atoms with van der Waals surface area (Å²) in [5.41, 5.74) is 10.7. The Morgan fingerprint density at radius 1 is 1.08 bits per heavy atom. The van der Waals surface area contributed by atoms with Crippen LogP contribution in [0.4, 0.5) is 0 Å². The Kier molecular flexibility index (Phi) is 8.74. The van der Waals surface area contributed by atoms with Crippen LogP contribution in [0.15, 0.2) is 26.9 Å². The van der Waals surface area contributed by atoms with Crippen molar-refractivity contribution in [2.24, 2.45) is 16.5 Å². The van der Waals surface area contributed by atoms with Crippen molar-refractivity contribution in [3.05, 3.63) is 23.3 Å². The lowest BCUT2D eigenvalue weighted by atomic mass is 10.0. The Morgan fingerprint density at radius 2 is 1.65 bits per heavy atom. The van der Waals surface area contributed by atoms with Gasteiger partial charge >= 0.3 is 0 Å². The van der Waals surface area contributed by atoms with Gasteiger partial charge in [-0.3, -0.25) is 4.79 Å². The number of benzene rings is 1. The van der Waals surface area contributed by atoms with E-state index in [2.05, 4.69) is 4.99 Å². The number of aryl methyl sites for hydroxylation is 1. The Labute approximate surface area is 160 Å². The third-order valence-corrected chi connectivity index (χ3v) is 6.61. The van der Waals surface area contributed by atoms with Crippen LogP contribution in [-0.2, 0) is 26.1 Å². The smallest absolute Gasteiger partial charge is 0.280 e. The molecule has 8 nitrogen and oxygen atoms in total. The lowest BCUT2D eigenvalue weighted by molar-refractivity contribution is 0.100. The number of nitrogens with two attached hydrogens (primary N) is 2. The number of rotatable bonds is 7. The van der Waals surface area contributed by atoms with E-state index < -0.39 is 36.4 Å². The molecule has 0 atom stereocenters. The van der Waals surface area contributed by atoms with Gasteiger partial charge in [0.05, 0.1) is 15.5 Å². The number of unbranched alkanes of at least 4 members (excludes halogenated alkanes) is 1. The summed E-state index contributed by atoms with van der Waals surface area (Å²) < 4.78 is 49.4. The van der Waals surface area contributed by atoms with Crippen LogP contribution in [0.25, 0.3) is 0 Å². The fourth-order valence-electron chi connectivity index (χ4n) is 2.25. The van der Waals surface area contributed by atoms with E-state index in [0.717, 1.165) is 12.3 Å². The van der Waals surface area contributed by atoms with Crippen molar-refractivity contribution in [1.82, 2.24) is 0 Å². The molecule has 0 bridgehead atoms. The van der Waals surface area contributed by atoms with Crippen molar-refractivity contribution in [2.75, 3.05) is 12.0 Å². The van der Waals surface area contributed by atoms with Gasteiger partial charge in [-0.15, -0.1) is 12.4 Å². The number of sulfone groups is 2. The van der Waals surface area contributed by atoms with E-state index >= 15 is 0 Å². The summed E-state index contributed by atoms with van der Waals surface area (Å²) >= 11 is 0. The second-order valence-electron chi connectivity index (χ2n) is 5.60. The molecular weight excluding hydrogens is 402 g/mol. The quantitative estimate of drug-likeness (QED) is 0.489. The summed E-state index contributed by atoms with van der Waals surface area (Å²) in [7, 11) is -7.70. The van der Waals surface area contributed by atoms with E-state index in [1.165, 1.54) is 6.07 Å². The van der Waals surface area contributed by atoms with Crippen molar-refractivity contribution >= 4 is 43.9 Å². The molecule has 0 aliphatic heterocycles. The SMILES string of the molecule is CCCCS(=O)(=O)c1cc(CC)c(C(=O)N=C(N)N)cc1S(C)(=O)=O.Cl. The summed E-state index contributed by atoms with van der Waals surface area (Å²) in [4.78, 5) is 14.9. The van der Waals surface area contributed by atoms with Crippen LogP contribution in [-0.4, -0.2) is 40.7 Å². The molecule has 0 fully saturated rings. The number of hydrogen-bond donors (Lipinski definition) is 2. The average Bonchev–Trinajstić information content (AvgIpc) is 2.50. The molecule has 1 aromatic rings. The van der Waals surface area contributed by atoms with Crippen LogP contribution < -0.4 is 11.5 Å². The van der Waals surface area contributed by atoms with Gasteiger partial charge < -0.3 is 11.5 Å². The fourth-order valence-corrected chi connectivity index (χ4v) is 5.42. The zero-order valence-corrected chi connectivity index (χ0v) is 17.3. The second kappa shape index (κ2) is 9.33. The molecule has 1 rings (SSSR count). The van der Waals surface area contributed by atoms with Gasteiger partial charge in [-0.1, -0.05) is 20.3 Å². The standard InChI is InChI=1S/C15H23N3O5S2.ClH/c1-4-6-7-25(22,23)13-8-10(5-2)11(14(19)18-15(16)17)9-12(13)24(3,20)21;/h8-9H,4-7H2,1-3H3,(H4,16,17,18,19);1H. The minimum Gasteiger partial charge on any atom is -0.370 e. The lowest BCUT2D eigenvalue weighted by Gasteiger charge is -2.14. The van der Waals surface area contributed by atoms with Crippen molar-refractivity contribution in [2.45, 2.75) is 42.9 Å². The van der Waals surface area contributed by atoms with Crippen LogP contribution in [0, 0.1) is 0 Å². The molecule has 0 aliphatic carbocycles. The predicted octanol–water partition coefficient (Wildman–Crippen LogP) is 1.06. The Hall–Kier alpha value is -1.65. The lowest BCUT2D eigenvalue weighted by Crippen LogP contribution is -2.24. The minimum absolute atomic E-state index is 0. The first kappa shape index (κ1) is 24.4. The topological polar surface area (TPSA) is 150 Å². The van der Waals surface area contributed by atoms with Gasteiger partial charge in [-0.05, 0) is 30.5 Å². The first-order valence-corrected chi connectivity index (χ1v) is 11.2. The Balaban J connectivity index is 0.00000625. The molecule has 0 unspecified atom stereocenters. The van der Waals surface area contributed by atoms with Gasteiger partial charge in [0.1, 0.15) is 0 Å². The highest BCUT2D eigenvalue weighted by molar-refractivity contribution is 7.94. The number of amides is 1. The second-order valence-corrected chi connectivity index (χ2v) is 9.66. The van der Waals surface area contributed by atoms with Gasteiger partial charge in [0.15, 0.2) is 25.6 Å². The normalized spacial score (nSPS) is 11.5. The Bertz CT molecular complexity index is 905. The molecule has 26 heavy (non-hydrogen) atoms. The molecule has 0 radical (unpaired) electrons. The zero-order chi connectivity index (χ0) is 19.4. The molecule has 0 saturated heterocycles. The average molecular weight is 426 g/mol. The Morgan fingerprint density at radius 3 is 2.08 bits per heavy atom. The highest BCUT2D eigenvalue weighted by Gasteiger charge is 2.27. The van der Waals surface area contributed by atoms with Crippen LogP contribution in [0.3, 0.4) is 0 Å². The summed E-state index contributed by atoms with van der Waals surface area (Å²) in [5.74, 6) is -1.46. The molecule has 4 N–H and O–H groups in total. The molecular formula is C15H24ClN3O5S2. The highest BCUT2D eigenvalue weighted by atomic mass is 35.5. The van der Waals surface area contributed by atoms with E-state index in [1.807, 2.05) is 6.92 Å². The number of carbonyl (C=O) groups is 1. The number of carbonyl (C=O) groups excluding carboxylic acids is 1. The number of aliphatic imine (C=N–C) groups is 1. The van der Waals surface area contributed by atoms with Crippen LogP contribution in [0.5, 0.6) is 0 Å². The highest BCUT2D eigenvalue weighted by Crippen LogP contribution is 2.28. The predicted molar refractivity (Wildman–Crippen MR) is 103 cm³/mol. The summed E-state index contributed by atoms with van der Waals surface area (Å²) in [6.45, 7) is 3.55. The fraction of sp³-hybridized carbons (Fsp3) is 0.467. The molecule has 0 aliphatic rings. The van der Waals surface area contributed by atoms with Gasteiger partial charge in [-0.2, -0.15) is 4.99 Å². The molecule has 0 spiro atoms. The van der Waals surface area contributed by atoms with E-state index in [-0.39, 0.29) is 28.6 Å². The molecule has 0 saturated carbocycles.